The molecule has 1 aromatic heterocycles. The van der Waals surface area contributed by atoms with Crippen LogP contribution in [0, 0.1) is 0 Å². The van der Waals surface area contributed by atoms with Gasteiger partial charge < -0.3 is 4.90 Å². The summed E-state index contributed by atoms with van der Waals surface area (Å²) < 4.78 is 22.9. The number of amides is 1. The fourth-order valence-electron chi connectivity index (χ4n) is 2.34. The van der Waals surface area contributed by atoms with Gasteiger partial charge in [-0.2, -0.15) is 0 Å². The fourth-order valence-corrected chi connectivity index (χ4v) is 2.94. The lowest BCUT2D eigenvalue weighted by Gasteiger charge is -2.22. The average molecular weight is 296 g/mol. The van der Waals surface area contributed by atoms with Crippen molar-refractivity contribution in [1.29, 1.82) is 0 Å². The Morgan fingerprint density at radius 3 is 2.70 bits per heavy atom. The molecule has 0 radical (unpaired) electrons. The van der Waals surface area contributed by atoms with E-state index < -0.39 is 15.9 Å². The molecule has 20 heavy (non-hydrogen) atoms. The van der Waals surface area contributed by atoms with E-state index in [9.17, 15) is 18.0 Å². The summed E-state index contributed by atoms with van der Waals surface area (Å²) in [7, 11) is -3.46. The van der Waals surface area contributed by atoms with E-state index in [4.69, 9.17) is 0 Å². The van der Waals surface area contributed by atoms with Crippen LogP contribution >= 0.6 is 0 Å². The van der Waals surface area contributed by atoms with Crippen LogP contribution in [0.15, 0.2) is 23.4 Å². The summed E-state index contributed by atoms with van der Waals surface area (Å²) in [6.45, 7) is 1.98. The number of Topliss-reactive ketones (excluding diaryl/α,β-unsaturated/α-hetero) is 1. The van der Waals surface area contributed by atoms with Crippen LogP contribution in [0.2, 0.25) is 0 Å². The Morgan fingerprint density at radius 2 is 2.10 bits per heavy atom. The third-order valence-electron chi connectivity index (χ3n) is 3.34. The van der Waals surface area contributed by atoms with E-state index in [0.717, 1.165) is 12.7 Å². The van der Waals surface area contributed by atoms with Gasteiger partial charge in [-0.05, 0) is 31.9 Å². The summed E-state index contributed by atoms with van der Waals surface area (Å²) in [4.78, 5) is 29.2. The maximum Gasteiger partial charge on any atom is 0.254 e. The van der Waals surface area contributed by atoms with Crippen molar-refractivity contribution in [3.05, 3.63) is 23.9 Å². The zero-order chi connectivity index (χ0) is 14.9. The van der Waals surface area contributed by atoms with Crippen LogP contribution in [0.3, 0.4) is 0 Å². The lowest BCUT2D eigenvalue weighted by Crippen LogP contribution is -2.39. The third kappa shape index (κ3) is 2.87. The van der Waals surface area contributed by atoms with Gasteiger partial charge in [0.25, 0.3) is 5.91 Å². The molecule has 108 valence electrons. The number of nitrogens with zero attached hydrogens (tertiary/aromatic N) is 2. The average Bonchev–Trinajstić information content (AvgIpc) is 2.86. The van der Waals surface area contributed by atoms with Crippen molar-refractivity contribution in [2.75, 3.05) is 12.8 Å². The number of carbonyl (C=O) groups excluding carboxylic acids is 2. The minimum atomic E-state index is -3.46. The van der Waals surface area contributed by atoms with Crippen LogP contribution in [-0.2, 0) is 14.6 Å². The Labute approximate surface area is 117 Å². The Bertz CT molecular complexity index is 654. The van der Waals surface area contributed by atoms with Crippen molar-refractivity contribution < 1.29 is 18.0 Å². The maximum absolute atomic E-state index is 12.4. The van der Waals surface area contributed by atoms with Crippen molar-refractivity contribution in [3.63, 3.8) is 0 Å². The molecule has 1 aliphatic heterocycles. The van der Waals surface area contributed by atoms with Gasteiger partial charge in [0.1, 0.15) is 0 Å². The molecule has 1 aliphatic rings. The van der Waals surface area contributed by atoms with E-state index in [0.29, 0.717) is 13.0 Å². The predicted molar refractivity (Wildman–Crippen MR) is 72.1 cm³/mol. The first kappa shape index (κ1) is 14.6. The van der Waals surface area contributed by atoms with Gasteiger partial charge in [-0.3, -0.25) is 9.59 Å². The fraction of sp³-hybridized carbons (Fsp3) is 0.462. The summed E-state index contributed by atoms with van der Waals surface area (Å²) in [6, 6.07) is 2.32. The van der Waals surface area contributed by atoms with Gasteiger partial charge in [0, 0.05) is 24.6 Å². The van der Waals surface area contributed by atoms with Crippen molar-refractivity contribution in [2.45, 2.75) is 30.8 Å². The highest BCUT2D eigenvalue weighted by atomic mass is 32.2. The Hall–Kier alpha value is -1.76. The van der Waals surface area contributed by atoms with Gasteiger partial charge >= 0.3 is 0 Å². The molecule has 1 amide bonds. The minimum Gasteiger partial charge on any atom is -0.329 e. The second-order valence-electron chi connectivity index (χ2n) is 4.92. The molecule has 0 bridgehead atoms. The third-order valence-corrected chi connectivity index (χ3v) is 4.33. The molecule has 0 aromatic carbocycles. The first-order valence-corrected chi connectivity index (χ1v) is 8.17. The van der Waals surface area contributed by atoms with E-state index in [1.807, 2.05) is 0 Å². The molecular weight excluding hydrogens is 280 g/mol. The van der Waals surface area contributed by atoms with Crippen molar-refractivity contribution in [3.8, 4) is 0 Å². The zero-order valence-electron chi connectivity index (χ0n) is 11.4. The molecule has 0 saturated carbocycles. The Kier molecular flexibility index (Phi) is 3.89. The molecule has 1 atom stereocenters. The molecule has 1 aromatic rings. The predicted octanol–water partition coefficient (Wildman–Crippen LogP) is 0.679. The topological polar surface area (TPSA) is 84.4 Å². The number of hydrogen-bond acceptors (Lipinski definition) is 5. The van der Waals surface area contributed by atoms with Crippen LogP contribution in [0.1, 0.15) is 30.1 Å². The molecule has 7 heteroatoms. The van der Waals surface area contributed by atoms with Gasteiger partial charge in [0.15, 0.2) is 20.6 Å². The molecule has 1 saturated heterocycles. The summed E-state index contributed by atoms with van der Waals surface area (Å²) >= 11 is 0. The zero-order valence-corrected chi connectivity index (χ0v) is 12.2. The summed E-state index contributed by atoms with van der Waals surface area (Å²) in [5, 5.41) is -0.137. The van der Waals surface area contributed by atoms with E-state index in [-0.39, 0.29) is 22.3 Å². The summed E-state index contributed by atoms with van der Waals surface area (Å²) in [5.74, 6) is -0.372. The highest BCUT2D eigenvalue weighted by Gasteiger charge is 2.32. The summed E-state index contributed by atoms with van der Waals surface area (Å²) in [5.41, 5.74) is 0.244. The van der Waals surface area contributed by atoms with E-state index in [1.54, 1.807) is 0 Å². The molecule has 1 fully saturated rings. The van der Waals surface area contributed by atoms with Crippen LogP contribution < -0.4 is 0 Å². The lowest BCUT2D eigenvalue weighted by molar-refractivity contribution is -0.120. The number of likely N-dealkylation sites (tertiary alicyclic amines) is 1. The first-order valence-electron chi connectivity index (χ1n) is 6.28. The number of ketones is 1. The SMILES string of the molecule is CC(=O)[C@H]1CCCN1C(=O)c1ccnc(S(C)(=O)=O)c1. The molecule has 6 nitrogen and oxygen atoms in total. The van der Waals surface area contributed by atoms with Crippen molar-refractivity contribution >= 4 is 21.5 Å². The standard InChI is InChI=1S/C13H16N2O4S/c1-9(16)11-4-3-7-15(11)13(17)10-5-6-14-12(8-10)20(2,18)19/h5-6,8,11H,3-4,7H2,1-2H3/t11-/m1/s1. The number of rotatable bonds is 3. The van der Waals surface area contributed by atoms with Gasteiger partial charge in [-0.25, -0.2) is 13.4 Å². The molecular formula is C13H16N2O4S. The lowest BCUT2D eigenvalue weighted by atomic mass is 10.1. The summed E-state index contributed by atoms with van der Waals surface area (Å²) in [6.07, 6.45) is 3.77. The van der Waals surface area contributed by atoms with Crippen LogP contribution in [-0.4, -0.2) is 48.8 Å². The molecule has 0 unspecified atom stereocenters. The van der Waals surface area contributed by atoms with E-state index >= 15 is 0 Å². The normalized spacial score (nSPS) is 19.1. The Morgan fingerprint density at radius 1 is 1.40 bits per heavy atom. The number of hydrogen-bond donors (Lipinski definition) is 0. The van der Waals surface area contributed by atoms with Crippen LogP contribution in [0.5, 0.6) is 0 Å². The first-order chi connectivity index (χ1) is 9.30. The molecule has 2 heterocycles. The van der Waals surface area contributed by atoms with Crippen LogP contribution in [0.25, 0.3) is 0 Å². The monoisotopic (exact) mass is 296 g/mol. The number of carbonyl (C=O) groups is 2. The van der Waals surface area contributed by atoms with Gasteiger partial charge in [-0.1, -0.05) is 0 Å². The quantitative estimate of drug-likeness (QED) is 0.819. The molecule has 0 spiro atoms. The molecule has 0 N–H and O–H groups in total. The van der Waals surface area contributed by atoms with Crippen molar-refractivity contribution in [1.82, 2.24) is 9.88 Å². The van der Waals surface area contributed by atoms with E-state index in [1.165, 1.54) is 30.2 Å². The second-order valence-corrected chi connectivity index (χ2v) is 6.88. The molecule has 2 rings (SSSR count). The Balaban J connectivity index is 2.32. The largest absolute Gasteiger partial charge is 0.329 e. The van der Waals surface area contributed by atoms with Gasteiger partial charge in [0.05, 0.1) is 6.04 Å². The smallest absolute Gasteiger partial charge is 0.254 e. The maximum atomic E-state index is 12.4. The number of pyridine rings is 1. The van der Waals surface area contributed by atoms with Crippen LogP contribution in [0.4, 0.5) is 0 Å². The highest BCUT2D eigenvalue weighted by molar-refractivity contribution is 7.90. The highest BCUT2D eigenvalue weighted by Crippen LogP contribution is 2.21. The number of aromatic nitrogens is 1. The molecule has 0 aliphatic carbocycles. The van der Waals surface area contributed by atoms with E-state index in [2.05, 4.69) is 4.98 Å². The minimum absolute atomic E-state index is 0.0479. The number of sulfone groups is 1. The van der Waals surface area contributed by atoms with Crippen molar-refractivity contribution in [2.24, 2.45) is 0 Å². The van der Waals surface area contributed by atoms with Gasteiger partial charge in [-0.15, -0.1) is 0 Å². The second kappa shape index (κ2) is 5.32. The van der Waals surface area contributed by atoms with Gasteiger partial charge in [0.2, 0.25) is 0 Å².